The van der Waals surface area contributed by atoms with E-state index in [0.29, 0.717) is 45.4 Å². The first-order valence-electron chi connectivity index (χ1n) is 12.2. The summed E-state index contributed by atoms with van der Waals surface area (Å²) in [7, 11) is 0. The largest absolute Gasteiger partial charge is 0.382 e. The molecule has 6 rings (SSSR count). The van der Waals surface area contributed by atoms with Crippen molar-refractivity contribution in [2.24, 2.45) is 4.99 Å². The Morgan fingerprint density at radius 1 is 1.23 bits per heavy atom. The van der Waals surface area contributed by atoms with E-state index >= 15 is 0 Å². The number of nitrogens with zero attached hydrogens (tertiary/aromatic N) is 7. The summed E-state index contributed by atoms with van der Waals surface area (Å²) in [4.78, 5) is 20.6. The summed E-state index contributed by atoms with van der Waals surface area (Å²) in [6.07, 6.45) is -0.531. The summed E-state index contributed by atoms with van der Waals surface area (Å²) in [5.74, 6) is 0.676. The van der Waals surface area contributed by atoms with Gasteiger partial charge in [-0.05, 0) is 38.0 Å². The van der Waals surface area contributed by atoms with E-state index in [9.17, 15) is 8.78 Å². The van der Waals surface area contributed by atoms with Crippen LogP contribution >= 0.6 is 0 Å². The molecule has 35 heavy (non-hydrogen) atoms. The molecular weight excluding hydrogens is 456 g/mol. The third-order valence-corrected chi connectivity index (χ3v) is 6.82. The molecule has 12 heteroatoms. The highest BCUT2D eigenvalue weighted by molar-refractivity contribution is 5.88. The van der Waals surface area contributed by atoms with Gasteiger partial charge >= 0.3 is 0 Å². The topological polar surface area (TPSA) is 115 Å². The Morgan fingerprint density at radius 3 is 2.74 bits per heavy atom. The van der Waals surface area contributed by atoms with E-state index in [1.165, 1.54) is 9.08 Å². The van der Waals surface area contributed by atoms with Crippen LogP contribution in [0.5, 0.6) is 0 Å². The molecule has 0 aliphatic carbocycles. The van der Waals surface area contributed by atoms with Crippen LogP contribution in [0.3, 0.4) is 0 Å². The standard InChI is InChI=1S/C23H27F2N9O/c1-13-27-18-3-2-17(29-22(18)33(13)10-19(24)25)16-6-9-34-20(16)21(26)30-23(31-34)28-14-4-7-32(8-5-14)15-11-35-12-15/h2-3,6,9,14-15,19H,4-5,7-8,10-12H2,1H3,(H3,26,28,30,31)/i9D. The summed E-state index contributed by atoms with van der Waals surface area (Å²) in [5.41, 5.74) is 9.17. The van der Waals surface area contributed by atoms with Gasteiger partial charge in [0.15, 0.2) is 11.5 Å². The zero-order valence-corrected chi connectivity index (χ0v) is 19.3. The second kappa shape index (κ2) is 8.68. The van der Waals surface area contributed by atoms with Crippen LogP contribution in [0.15, 0.2) is 29.4 Å². The van der Waals surface area contributed by atoms with Crippen molar-refractivity contribution in [3.8, 4) is 11.3 Å². The predicted molar refractivity (Wildman–Crippen MR) is 126 cm³/mol. The highest BCUT2D eigenvalue weighted by Gasteiger charge is 2.29. The average Bonchev–Trinajstić information content (AvgIpc) is 3.30. The minimum Gasteiger partial charge on any atom is -0.382 e. The Hall–Kier alpha value is -3.38. The molecule has 3 N–H and O–H groups in total. The number of nitrogens with two attached hydrogens (primary N) is 1. The monoisotopic (exact) mass is 484 g/mol. The molecule has 0 atom stereocenters. The Kier molecular flexibility index (Phi) is 5.20. The van der Waals surface area contributed by atoms with Gasteiger partial charge in [0.2, 0.25) is 5.62 Å². The van der Waals surface area contributed by atoms with E-state index in [1.807, 2.05) is 0 Å². The van der Waals surface area contributed by atoms with Crippen LogP contribution in [-0.2, 0) is 11.3 Å². The first-order valence-corrected chi connectivity index (χ1v) is 11.7. The normalized spacial score (nSPS) is 19.2. The fourth-order valence-electron chi connectivity index (χ4n) is 4.88. The average molecular weight is 485 g/mol. The van der Waals surface area contributed by atoms with Crippen molar-refractivity contribution in [2.45, 2.75) is 44.8 Å². The Balaban J connectivity index is 1.34. The van der Waals surface area contributed by atoms with Crippen LogP contribution in [0.4, 0.5) is 14.6 Å². The molecular formula is C23H27F2N9O. The van der Waals surface area contributed by atoms with Gasteiger partial charge < -0.3 is 15.0 Å². The highest BCUT2D eigenvalue weighted by atomic mass is 19.3. The van der Waals surface area contributed by atoms with Crippen molar-refractivity contribution in [2.75, 3.05) is 32.0 Å². The van der Waals surface area contributed by atoms with Gasteiger partial charge in [-0.1, -0.05) is 0 Å². The van der Waals surface area contributed by atoms with Gasteiger partial charge in [0.25, 0.3) is 6.43 Å². The molecule has 2 aliphatic rings. The van der Waals surface area contributed by atoms with Gasteiger partial charge in [-0.25, -0.2) is 23.7 Å². The van der Waals surface area contributed by atoms with Crippen molar-refractivity contribution in [3.05, 3.63) is 35.8 Å². The summed E-state index contributed by atoms with van der Waals surface area (Å²) >= 11 is 0. The van der Waals surface area contributed by atoms with Crippen molar-refractivity contribution in [3.63, 3.8) is 0 Å². The van der Waals surface area contributed by atoms with E-state index in [0.717, 1.165) is 39.1 Å². The highest BCUT2D eigenvalue weighted by Crippen LogP contribution is 2.28. The summed E-state index contributed by atoms with van der Waals surface area (Å²) in [6.45, 7) is 4.73. The summed E-state index contributed by atoms with van der Waals surface area (Å²) < 4.78 is 43.0. The molecule has 4 aromatic rings. The van der Waals surface area contributed by atoms with Crippen molar-refractivity contribution < 1.29 is 14.9 Å². The number of nitrogens with one attached hydrogen (secondary N) is 1. The minimum atomic E-state index is -2.53. The number of fused-ring (bicyclic) bond motifs is 2. The molecule has 6 heterocycles. The molecule has 0 spiro atoms. The van der Waals surface area contributed by atoms with Crippen LogP contribution in [0, 0.1) is 6.92 Å². The van der Waals surface area contributed by atoms with E-state index in [1.54, 1.807) is 25.1 Å². The second-order valence-corrected chi connectivity index (χ2v) is 9.09. The number of piperidine rings is 1. The molecule has 0 unspecified atom stereocenters. The number of hydrogen-bond acceptors (Lipinski definition) is 7. The number of halogens is 2. The van der Waals surface area contributed by atoms with Crippen LogP contribution in [-0.4, -0.2) is 78.8 Å². The number of likely N-dealkylation sites (tertiary alicyclic amines) is 1. The lowest BCUT2D eigenvalue weighted by molar-refractivity contribution is -0.0710. The van der Waals surface area contributed by atoms with Crippen LogP contribution in [0.1, 0.15) is 20.0 Å². The number of hydrogen-bond donors (Lipinski definition) is 2. The first kappa shape index (κ1) is 20.9. The van der Waals surface area contributed by atoms with E-state index < -0.39 is 13.0 Å². The van der Waals surface area contributed by atoms with Crippen LogP contribution in [0.25, 0.3) is 27.9 Å². The number of pyridine rings is 1. The van der Waals surface area contributed by atoms with Crippen molar-refractivity contribution >= 4 is 22.5 Å². The lowest BCUT2D eigenvalue weighted by Gasteiger charge is -2.40. The zero-order valence-electron chi connectivity index (χ0n) is 20.3. The third-order valence-electron chi connectivity index (χ3n) is 6.82. The minimum absolute atomic E-state index is 0.120. The van der Waals surface area contributed by atoms with Crippen molar-refractivity contribution in [1.82, 2.24) is 34.0 Å². The molecule has 4 aromatic heterocycles. The van der Waals surface area contributed by atoms with Crippen molar-refractivity contribution in [1.29, 1.82) is 0 Å². The molecule has 0 amide bonds. The number of aryl methyl sites for hydroxylation is 1. The van der Waals surface area contributed by atoms with E-state index in [4.69, 9.17) is 16.8 Å². The maximum atomic E-state index is 13.1. The Bertz CT molecular complexity index is 1500. The third kappa shape index (κ3) is 4.06. The molecule has 0 saturated carbocycles. The van der Waals surface area contributed by atoms with E-state index in [-0.39, 0.29) is 18.0 Å². The Labute approximate surface area is 200 Å². The van der Waals surface area contributed by atoms with Gasteiger partial charge in [-0.2, -0.15) is 4.98 Å². The number of anilines is 1. The number of aromatic amines is 1. The quantitative estimate of drug-likeness (QED) is 0.448. The van der Waals surface area contributed by atoms with Gasteiger partial charge in [0.1, 0.15) is 16.9 Å². The number of H-pyrrole nitrogens is 1. The molecule has 2 aliphatic heterocycles. The smallest absolute Gasteiger partial charge is 0.256 e. The predicted octanol–water partition coefficient (Wildman–Crippen LogP) is 1.99. The SMILES string of the molecule is [2H]c1cc(-c2ccc3nc(C)n(CC(F)F)c3n2)c2c(N)nc(=NC3CCN(C4COC4)CC3)[nH]n12. The molecule has 10 nitrogen and oxygen atoms in total. The number of ether oxygens (including phenoxy) is 1. The van der Waals surface area contributed by atoms with Gasteiger partial charge in [-0.15, -0.1) is 0 Å². The Morgan fingerprint density at radius 2 is 2.03 bits per heavy atom. The van der Waals surface area contributed by atoms with Gasteiger partial charge in [-0.3, -0.25) is 14.5 Å². The van der Waals surface area contributed by atoms with Gasteiger partial charge in [0.05, 0.1) is 38.9 Å². The molecule has 0 bridgehead atoms. The fraction of sp³-hybridized carbons (Fsp3) is 0.478. The molecule has 2 fully saturated rings. The van der Waals surface area contributed by atoms with Crippen LogP contribution in [0.2, 0.25) is 0 Å². The second-order valence-electron chi connectivity index (χ2n) is 9.09. The number of rotatable bonds is 5. The number of aromatic nitrogens is 6. The lowest BCUT2D eigenvalue weighted by atomic mass is 10.0. The summed E-state index contributed by atoms with van der Waals surface area (Å²) in [5, 5.41) is 3.10. The molecule has 184 valence electrons. The van der Waals surface area contributed by atoms with E-state index in [2.05, 4.69) is 25.0 Å². The zero-order chi connectivity index (χ0) is 25.0. The lowest BCUT2D eigenvalue weighted by Crippen LogP contribution is -2.52. The molecule has 0 radical (unpaired) electrons. The van der Waals surface area contributed by atoms with Gasteiger partial charge in [0, 0.05) is 24.8 Å². The molecule has 0 aromatic carbocycles. The maximum absolute atomic E-state index is 13.1. The summed E-state index contributed by atoms with van der Waals surface area (Å²) in [6, 6.07) is 5.75. The number of nitrogen functional groups attached to an aromatic ring is 1. The van der Waals surface area contributed by atoms with Crippen LogP contribution < -0.4 is 11.4 Å². The maximum Gasteiger partial charge on any atom is 0.256 e. The number of alkyl halides is 2. The molecule has 2 saturated heterocycles. The number of imidazole rings is 1. The first-order chi connectivity index (χ1) is 17.4. The fourth-order valence-corrected chi connectivity index (χ4v) is 4.88.